The molecule has 0 unspecified atom stereocenters. The van der Waals surface area contributed by atoms with Crippen molar-refractivity contribution in [1.29, 1.82) is 0 Å². The highest BCUT2D eigenvalue weighted by atomic mass is 19.4. The van der Waals surface area contributed by atoms with Crippen LogP contribution in [0.25, 0.3) is 33.7 Å². The van der Waals surface area contributed by atoms with Gasteiger partial charge in [0.2, 0.25) is 11.9 Å². The zero-order chi connectivity index (χ0) is 61.7. The molecule has 6 aromatic carbocycles. The van der Waals surface area contributed by atoms with Crippen LogP contribution in [0.2, 0.25) is 0 Å². The Balaban J connectivity index is 0.000000182. The molecule has 0 bridgehead atoms. The van der Waals surface area contributed by atoms with Crippen LogP contribution >= 0.6 is 0 Å². The molecule has 18 nitrogen and oxygen atoms in total. The number of carbonyl (C=O) groups excluding carboxylic acids is 2. The number of alkyl halides is 6. The number of benzene rings is 6. The molecule has 0 radical (unpaired) electrons. The minimum absolute atomic E-state index is 0.0925. The topological polar surface area (TPSA) is 200 Å². The zero-order valence-electron chi connectivity index (χ0n) is 48.4. The second-order valence-corrected chi connectivity index (χ2v) is 21.9. The predicted octanol–water partition coefficient (Wildman–Crippen LogP) is 13.3. The summed E-state index contributed by atoms with van der Waals surface area (Å²) in [5.74, 6) is 2.40. The van der Waals surface area contributed by atoms with E-state index in [1.807, 2.05) is 95.8 Å². The van der Waals surface area contributed by atoms with Crippen molar-refractivity contribution >= 4 is 80.2 Å². The number of piperidine rings is 2. The van der Waals surface area contributed by atoms with E-state index in [1.165, 1.54) is 36.9 Å². The average molecular weight is 1200 g/mol. The van der Waals surface area contributed by atoms with Gasteiger partial charge in [0.05, 0.1) is 33.2 Å². The first-order valence-corrected chi connectivity index (χ1v) is 28.5. The molecule has 10 aromatic rings. The molecule has 4 aromatic heterocycles. The number of halogens is 6. The minimum atomic E-state index is -4.55. The molecule has 6 N–H and O–H groups in total. The number of anilines is 8. The number of rotatable bonds is 14. The molecule has 24 heteroatoms. The maximum absolute atomic E-state index is 13.2. The highest BCUT2D eigenvalue weighted by molar-refractivity contribution is 6.05. The van der Waals surface area contributed by atoms with Gasteiger partial charge < -0.3 is 41.7 Å². The van der Waals surface area contributed by atoms with Crippen molar-refractivity contribution in [3.05, 3.63) is 192 Å². The minimum Gasteiger partial charge on any atom is -0.367 e. The quantitative estimate of drug-likeness (QED) is 0.0562. The molecule has 0 spiro atoms. The summed E-state index contributed by atoms with van der Waals surface area (Å²) >= 11 is 0. The van der Waals surface area contributed by atoms with Gasteiger partial charge in [-0.1, -0.05) is 48.5 Å². The number of hydrogen-bond acceptors (Lipinski definition) is 14. The monoisotopic (exact) mass is 1200 g/mol. The van der Waals surface area contributed by atoms with Crippen LogP contribution in [0.1, 0.15) is 68.7 Å². The Morgan fingerprint density at radius 1 is 0.477 bits per heavy atom. The number of carbonyl (C=O) groups is 2. The highest BCUT2D eigenvalue weighted by Crippen LogP contribution is 2.35. The Morgan fingerprint density at radius 3 is 1.27 bits per heavy atom. The molecule has 0 aliphatic carbocycles. The van der Waals surface area contributed by atoms with Crippen molar-refractivity contribution in [2.75, 3.05) is 72.2 Å². The third kappa shape index (κ3) is 14.1. The number of likely N-dealkylation sites (tertiary alicyclic amines) is 2. The smallest absolute Gasteiger partial charge is 0.367 e. The van der Waals surface area contributed by atoms with Crippen LogP contribution in [0, 0.1) is 13.8 Å². The number of hydrogen-bond donors (Lipinski definition) is 6. The SMILES string of the molecule is Cc1ccc(NC(=O)c2cccc(C(F)(F)F)c2)cc1Nc1nc2ccccc2n1-c1cc(NC2CCN(C)CC2)ncn1.Cc1ccc(NC(=O)c2cccc(C(F)(F)F)c2)cc1Nc1nc2ccccc2n1-c1cc(NC2CCN(C)CC2)ncn1. The fraction of sp³-hybridized carbons (Fsp3) is 0.250. The third-order valence-electron chi connectivity index (χ3n) is 15.4. The summed E-state index contributed by atoms with van der Waals surface area (Å²) in [4.78, 5) is 58.0. The van der Waals surface area contributed by atoms with E-state index >= 15 is 0 Å². The lowest BCUT2D eigenvalue weighted by Crippen LogP contribution is -2.36. The van der Waals surface area contributed by atoms with E-state index in [2.05, 4.69) is 75.7 Å². The second-order valence-electron chi connectivity index (χ2n) is 21.9. The Labute approximate surface area is 502 Å². The number of nitrogens with one attached hydrogen (secondary N) is 6. The highest BCUT2D eigenvalue weighted by Gasteiger charge is 2.32. The second kappa shape index (κ2) is 25.6. The van der Waals surface area contributed by atoms with Crippen molar-refractivity contribution in [3.8, 4) is 11.6 Å². The molecule has 2 aliphatic heterocycles. The van der Waals surface area contributed by atoms with Gasteiger partial charge in [0.25, 0.3) is 11.8 Å². The van der Waals surface area contributed by atoms with E-state index in [-0.39, 0.29) is 11.1 Å². The van der Waals surface area contributed by atoms with Gasteiger partial charge in [0.1, 0.15) is 35.9 Å². The number of aromatic nitrogens is 8. The summed E-state index contributed by atoms with van der Waals surface area (Å²) in [6.45, 7) is 7.90. The van der Waals surface area contributed by atoms with E-state index in [0.717, 1.165) is 121 Å². The number of aryl methyl sites for hydroxylation is 2. The normalized spacial score (nSPS) is 14.5. The maximum atomic E-state index is 13.2. The molecule has 0 saturated carbocycles. The Morgan fingerprint density at radius 2 is 0.875 bits per heavy atom. The summed E-state index contributed by atoms with van der Waals surface area (Å²) in [6, 6.07) is 39.0. The van der Waals surface area contributed by atoms with Crippen LogP contribution in [-0.2, 0) is 12.4 Å². The van der Waals surface area contributed by atoms with Crippen molar-refractivity contribution in [3.63, 3.8) is 0 Å². The van der Waals surface area contributed by atoms with Crippen molar-refractivity contribution < 1.29 is 35.9 Å². The zero-order valence-corrected chi connectivity index (χ0v) is 48.4. The molecule has 2 fully saturated rings. The lowest BCUT2D eigenvalue weighted by Gasteiger charge is -2.29. The summed E-state index contributed by atoms with van der Waals surface area (Å²) in [6.07, 6.45) is -1.94. The van der Waals surface area contributed by atoms with E-state index < -0.39 is 35.3 Å². The summed E-state index contributed by atoms with van der Waals surface area (Å²) in [5, 5.41) is 19.3. The van der Waals surface area contributed by atoms with E-state index in [4.69, 9.17) is 9.97 Å². The molecular weight excluding hydrogens is 1140 g/mol. The van der Waals surface area contributed by atoms with Crippen molar-refractivity contribution in [1.82, 2.24) is 48.8 Å². The number of para-hydroxylation sites is 4. The molecule has 6 heterocycles. The van der Waals surface area contributed by atoms with E-state index in [9.17, 15) is 35.9 Å². The number of amides is 2. The van der Waals surface area contributed by atoms with Gasteiger partial charge in [-0.05, 0) is 176 Å². The predicted molar refractivity (Wildman–Crippen MR) is 329 cm³/mol. The molecule has 452 valence electrons. The van der Waals surface area contributed by atoms with E-state index in [0.29, 0.717) is 58.4 Å². The van der Waals surface area contributed by atoms with Gasteiger partial charge in [-0.15, -0.1) is 0 Å². The van der Waals surface area contributed by atoms with Crippen molar-refractivity contribution in [2.45, 2.75) is 64.0 Å². The Kier molecular flexibility index (Phi) is 17.4. The maximum Gasteiger partial charge on any atom is 0.416 e. The first-order valence-electron chi connectivity index (χ1n) is 28.5. The summed E-state index contributed by atoms with van der Waals surface area (Å²) in [5.41, 5.74) is 5.10. The number of nitrogens with zero attached hydrogens (tertiary/aromatic N) is 10. The fourth-order valence-corrected chi connectivity index (χ4v) is 10.5. The average Bonchev–Trinajstić information content (AvgIpc) is 4.31. The molecule has 0 atom stereocenters. The van der Waals surface area contributed by atoms with Crippen LogP contribution < -0.4 is 31.9 Å². The standard InChI is InChI=1S/2C32H31F3N8O/c2*1-20-10-11-24(39-30(44)21-6-5-7-22(16-21)32(33,34)35)17-26(20)41-31-40-25-8-3-4-9-27(25)43(31)29-18-28(36-19-37-29)38-23-12-14-42(2)15-13-23/h2*3-11,16-19,23H,12-15H2,1-2H3,(H,39,44)(H,40,41)(H,36,37,38). The summed E-state index contributed by atoms with van der Waals surface area (Å²) < 4.78 is 82.9. The van der Waals surface area contributed by atoms with Crippen LogP contribution in [-0.4, -0.2) is 113 Å². The van der Waals surface area contributed by atoms with Gasteiger partial charge in [0.15, 0.2) is 0 Å². The molecule has 2 aliphatic rings. The molecular formula is C64H62F6N16O2. The lowest BCUT2D eigenvalue weighted by molar-refractivity contribution is -0.138. The number of imidazole rings is 2. The largest absolute Gasteiger partial charge is 0.416 e. The molecule has 2 amide bonds. The first-order chi connectivity index (χ1) is 42.3. The third-order valence-corrected chi connectivity index (χ3v) is 15.4. The van der Waals surface area contributed by atoms with Gasteiger partial charge in [-0.2, -0.15) is 26.3 Å². The van der Waals surface area contributed by atoms with Crippen LogP contribution in [0.15, 0.2) is 158 Å². The summed E-state index contributed by atoms with van der Waals surface area (Å²) in [7, 11) is 4.25. The number of fused-ring (bicyclic) bond motifs is 2. The lowest BCUT2D eigenvalue weighted by atomic mass is 10.1. The first kappa shape index (κ1) is 59.8. The van der Waals surface area contributed by atoms with Crippen LogP contribution in [0.5, 0.6) is 0 Å². The van der Waals surface area contributed by atoms with Crippen LogP contribution in [0.4, 0.5) is 72.6 Å². The molecule has 12 rings (SSSR count). The Hall–Kier alpha value is -9.94. The van der Waals surface area contributed by atoms with Crippen molar-refractivity contribution in [2.24, 2.45) is 0 Å². The molecule has 2 saturated heterocycles. The Bertz CT molecular complexity index is 3890. The molecule has 88 heavy (non-hydrogen) atoms. The van der Waals surface area contributed by atoms with E-state index in [1.54, 1.807) is 24.3 Å². The van der Waals surface area contributed by atoms with Gasteiger partial charge in [-0.25, -0.2) is 29.9 Å². The van der Waals surface area contributed by atoms with Gasteiger partial charge in [-0.3, -0.25) is 18.7 Å². The fourth-order valence-electron chi connectivity index (χ4n) is 10.5. The van der Waals surface area contributed by atoms with Gasteiger partial charge in [0, 0.05) is 58.1 Å². The van der Waals surface area contributed by atoms with Gasteiger partial charge >= 0.3 is 12.4 Å². The van der Waals surface area contributed by atoms with Crippen LogP contribution in [0.3, 0.4) is 0 Å².